The van der Waals surface area contributed by atoms with Crippen molar-refractivity contribution in [3.63, 3.8) is 0 Å². The fourth-order valence-corrected chi connectivity index (χ4v) is 3.12. The third-order valence-corrected chi connectivity index (χ3v) is 4.71. The zero-order valence-corrected chi connectivity index (χ0v) is 16.5. The van der Waals surface area contributed by atoms with E-state index in [1.165, 1.54) is 13.2 Å². The van der Waals surface area contributed by atoms with Gasteiger partial charge < -0.3 is 10.5 Å². The molecule has 1 aromatic heterocycles. The Morgan fingerprint density at radius 3 is 2.50 bits per heavy atom. The maximum Gasteiger partial charge on any atom is 0.417 e. The fraction of sp³-hybridized carbons (Fsp3) is 0.143. The average molecular weight is 436 g/mol. The predicted octanol–water partition coefficient (Wildman–Crippen LogP) is 5.51. The van der Waals surface area contributed by atoms with E-state index in [9.17, 15) is 18.0 Å². The number of hydrogen-bond acceptors (Lipinski definition) is 3. The van der Waals surface area contributed by atoms with E-state index in [1.807, 2.05) is 12.1 Å². The first-order chi connectivity index (χ1) is 14.2. The summed E-state index contributed by atoms with van der Waals surface area (Å²) in [4.78, 5) is 17.2. The highest BCUT2D eigenvalue weighted by atomic mass is 35.5. The second-order valence-corrected chi connectivity index (χ2v) is 6.78. The van der Waals surface area contributed by atoms with Crippen LogP contribution >= 0.6 is 11.6 Å². The zero-order chi connectivity index (χ0) is 21.9. The third kappa shape index (κ3) is 4.83. The summed E-state index contributed by atoms with van der Waals surface area (Å²) < 4.78 is 44.6. The molecule has 0 spiro atoms. The van der Waals surface area contributed by atoms with Crippen LogP contribution in [0.3, 0.4) is 0 Å². The minimum Gasteiger partial charge on any atom is -0.481 e. The van der Waals surface area contributed by atoms with Crippen molar-refractivity contribution in [3.8, 4) is 17.0 Å². The van der Waals surface area contributed by atoms with Crippen LogP contribution in [0.5, 0.6) is 5.88 Å². The lowest BCUT2D eigenvalue weighted by atomic mass is 10.0. The molecule has 0 aliphatic rings. The predicted molar refractivity (Wildman–Crippen MR) is 108 cm³/mol. The molecular formula is C21H17ClF3N3O2. The van der Waals surface area contributed by atoms with Gasteiger partial charge in [0.25, 0.3) is 0 Å². The second-order valence-electron chi connectivity index (χ2n) is 6.38. The first-order valence-corrected chi connectivity index (χ1v) is 9.10. The highest BCUT2D eigenvalue weighted by Gasteiger charge is 2.34. The van der Waals surface area contributed by atoms with Crippen molar-refractivity contribution in [1.29, 1.82) is 0 Å². The number of primary amides is 1. The SMILES string of the molecule is COc1ccc(-c2cccc(CN(C(N)=O)c3ccc(Cl)c(C(F)(F)F)c3)c2)cn1. The van der Waals surface area contributed by atoms with Gasteiger partial charge in [-0.1, -0.05) is 29.8 Å². The van der Waals surface area contributed by atoms with Gasteiger partial charge in [0, 0.05) is 23.5 Å². The maximum absolute atomic E-state index is 13.2. The van der Waals surface area contributed by atoms with Crippen LogP contribution < -0.4 is 15.4 Å². The number of alkyl halides is 3. The lowest BCUT2D eigenvalue weighted by Gasteiger charge is -2.22. The molecule has 3 aromatic rings. The van der Waals surface area contributed by atoms with E-state index in [-0.39, 0.29) is 12.2 Å². The molecule has 156 valence electrons. The van der Waals surface area contributed by atoms with Crippen LogP contribution in [0.2, 0.25) is 5.02 Å². The van der Waals surface area contributed by atoms with E-state index in [0.717, 1.165) is 28.2 Å². The number of pyridine rings is 1. The molecule has 9 heteroatoms. The lowest BCUT2D eigenvalue weighted by molar-refractivity contribution is -0.137. The second kappa shape index (κ2) is 8.62. The van der Waals surface area contributed by atoms with Crippen LogP contribution in [0.1, 0.15) is 11.1 Å². The van der Waals surface area contributed by atoms with Crippen LogP contribution in [0.15, 0.2) is 60.8 Å². The van der Waals surface area contributed by atoms with Crippen LogP contribution in [0.4, 0.5) is 23.7 Å². The van der Waals surface area contributed by atoms with E-state index in [4.69, 9.17) is 22.1 Å². The van der Waals surface area contributed by atoms with Gasteiger partial charge in [0.2, 0.25) is 5.88 Å². The topological polar surface area (TPSA) is 68.5 Å². The van der Waals surface area contributed by atoms with Gasteiger partial charge in [-0.25, -0.2) is 9.78 Å². The molecule has 0 aliphatic carbocycles. The first-order valence-electron chi connectivity index (χ1n) is 8.72. The number of hydrogen-bond donors (Lipinski definition) is 1. The number of aromatic nitrogens is 1. The van der Waals surface area contributed by atoms with E-state index in [1.54, 1.807) is 30.5 Å². The summed E-state index contributed by atoms with van der Waals surface area (Å²) in [5, 5.41) is -0.454. The number of nitrogens with two attached hydrogens (primary N) is 1. The molecule has 1 heterocycles. The number of rotatable bonds is 5. The first kappa shape index (κ1) is 21.4. The summed E-state index contributed by atoms with van der Waals surface area (Å²) in [7, 11) is 1.52. The number of carbonyl (C=O) groups excluding carboxylic acids is 1. The molecule has 2 aromatic carbocycles. The highest BCUT2D eigenvalue weighted by molar-refractivity contribution is 6.31. The van der Waals surface area contributed by atoms with Crippen LogP contribution in [0, 0.1) is 0 Å². The molecule has 2 amide bonds. The number of urea groups is 1. The monoisotopic (exact) mass is 435 g/mol. The largest absolute Gasteiger partial charge is 0.481 e. The normalized spacial score (nSPS) is 11.2. The van der Waals surface area contributed by atoms with Crippen LogP contribution in [-0.2, 0) is 12.7 Å². The zero-order valence-electron chi connectivity index (χ0n) is 15.8. The molecule has 0 radical (unpaired) electrons. The van der Waals surface area contributed by atoms with Crippen molar-refractivity contribution in [1.82, 2.24) is 4.98 Å². The molecule has 0 atom stereocenters. The smallest absolute Gasteiger partial charge is 0.417 e. The number of halogens is 4. The molecule has 30 heavy (non-hydrogen) atoms. The fourth-order valence-electron chi connectivity index (χ4n) is 2.90. The number of ether oxygens (including phenoxy) is 1. The van der Waals surface area contributed by atoms with Gasteiger partial charge >= 0.3 is 12.2 Å². The van der Waals surface area contributed by atoms with Gasteiger partial charge in [-0.05, 0) is 41.5 Å². The molecule has 0 unspecified atom stereocenters. The molecule has 0 saturated heterocycles. The van der Waals surface area contributed by atoms with Gasteiger partial charge in [-0.2, -0.15) is 13.2 Å². The number of amides is 2. The van der Waals surface area contributed by atoms with Gasteiger partial charge in [0.1, 0.15) is 0 Å². The molecule has 0 bridgehead atoms. The van der Waals surface area contributed by atoms with Crippen molar-refractivity contribution in [2.75, 3.05) is 12.0 Å². The maximum atomic E-state index is 13.2. The number of nitrogens with zero attached hydrogens (tertiary/aromatic N) is 2. The van der Waals surface area contributed by atoms with E-state index in [0.29, 0.717) is 11.4 Å². The van der Waals surface area contributed by atoms with Crippen LogP contribution in [-0.4, -0.2) is 18.1 Å². The number of anilines is 1. The Labute approximate surface area is 175 Å². The molecule has 0 aliphatic heterocycles. The molecule has 5 nitrogen and oxygen atoms in total. The van der Waals surface area contributed by atoms with Crippen molar-refractivity contribution in [2.24, 2.45) is 5.73 Å². The standard InChI is InChI=1S/C21H17ClF3N3O2/c1-30-19-8-5-15(11-27-19)14-4-2-3-13(9-14)12-28(20(26)29)16-6-7-18(22)17(10-16)21(23,24)25/h2-11H,12H2,1H3,(H2,26,29). The highest BCUT2D eigenvalue weighted by Crippen LogP contribution is 2.37. The van der Waals surface area contributed by atoms with Crippen molar-refractivity contribution < 1.29 is 22.7 Å². The van der Waals surface area contributed by atoms with Crippen molar-refractivity contribution >= 4 is 23.3 Å². The van der Waals surface area contributed by atoms with Crippen molar-refractivity contribution in [2.45, 2.75) is 12.7 Å². The summed E-state index contributed by atoms with van der Waals surface area (Å²) in [6.45, 7) is -0.0221. The Morgan fingerprint density at radius 2 is 1.90 bits per heavy atom. The minimum atomic E-state index is -4.66. The van der Waals surface area contributed by atoms with Crippen LogP contribution in [0.25, 0.3) is 11.1 Å². The van der Waals surface area contributed by atoms with E-state index < -0.39 is 22.8 Å². The summed E-state index contributed by atoms with van der Waals surface area (Å²) in [5.41, 5.74) is 6.71. The Balaban J connectivity index is 1.92. The number of carbonyl (C=O) groups is 1. The van der Waals surface area contributed by atoms with Crippen molar-refractivity contribution in [3.05, 3.63) is 76.9 Å². The lowest BCUT2D eigenvalue weighted by Crippen LogP contribution is -2.35. The van der Waals surface area contributed by atoms with Gasteiger partial charge in [0.05, 0.1) is 24.2 Å². The van der Waals surface area contributed by atoms with Gasteiger partial charge in [-0.3, -0.25) is 4.90 Å². The minimum absolute atomic E-state index is 0.00394. The summed E-state index contributed by atoms with van der Waals surface area (Å²) in [5.74, 6) is 0.470. The van der Waals surface area contributed by atoms with E-state index in [2.05, 4.69) is 4.98 Å². The molecule has 2 N–H and O–H groups in total. The Morgan fingerprint density at radius 1 is 1.13 bits per heavy atom. The quantitative estimate of drug-likeness (QED) is 0.574. The average Bonchev–Trinajstić information content (AvgIpc) is 2.72. The van der Waals surface area contributed by atoms with E-state index >= 15 is 0 Å². The number of methoxy groups -OCH3 is 1. The molecular weight excluding hydrogens is 419 g/mol. The Kier molecular flexibility index (Phi) is 6.17. The Hall–Kier alpha value is -3.26. The van der Waals surface area contributed by atoms with Gasteiger partial charge in [0.15, 0.2) is 0 Å². The summed E-state index contributed by atoms with van der Waals surface area (Å²) >= 11 is 5.67. The Bertz CT molecular complexity index is 1060. The summed E-state index contributed by atoms with van der Waals surface area (Å²) in [6.07, 6.45) is -3.02. The molecule has 0 fully saturated rings. The molecule has 3 rings (SSSR count). The summed E-state index contributed by atoms with van der Waals surface area (Å²) in [6, 6.07) is 13.1. The third-order valence-electron chi connectivity index (χ3n) is 4.38. The van der Waals surface area contributed by atoms with Gasteiger partial charge in [-0.15, -0.1) is 0 Å². The number of benzene rings is 2. The molecule has 0 saturated carbocycles.